The molecule has 0 saturated heterocycles. The van der Waals surface area contributed by atoms with Gasteiger partial charge in [-0.05, 0) is 93.5 Å². The van der Waals surface area contributed by atoms with Crippen molar-refractivity contribution in [2.75, 3.05) is 13.2 Å². The molecule has 2 aromatic rings. The molecule has 0 fully saturated rings. The standard InChI is InChI=1S/C22H29BrO2/c1-7-24-21-11-14(3)18(9-16(21)5)13-20(23)19-10-17(6)22(25-8-2)12-15(19)4/h9-12,20H,7-8,13H2,1-6H3. The van der Waals surface area contributed by atoms with Crippen LogP contribution in [0, 0.1) is 27.7 Å². The zero-order chi connectivity index (χ0) is 18.6. The molecule has 1 unspecified atom stereocenters. The minimum absolute atomic E-state index is 0.276. The fourth-order valence-electron chi connectivity index (χ4n) is 3.14. The summed E-state index contributed by atoms with van der Waals surface area (Å²) in [6, 6.07) is 8.81. The molecule has 2 aromatic carbocycles. The van der Waals surface area contributed by atoms with Crippen LogP contribution in [0.25, 0.3) is 0 Å². The van der Waals surface area contributed by atoms with Crippen molar-refractivity contribution in [3.8, 4) is 11.5 Å². The Morgan fingerprint density at radius 2 is 1.28 bits per heavy atom. The molecular weight excluding hydrogens is 376 g/mol. The monoisotopic (exact) mass is 404 g/mol. The topological polar surface area (TPSA) is 18.5 Å². The first-order valence-corrected chi connectivity index (χ1v) is 9.89. The zero-order valence-corrected chi connectivity index (χ0v) is 17.8. The van der Waals surface area contributed by atoms with Gasteiger partial charge >= 0.3 is 0 Å². The third-order valence-electron chi connectivity index (χ3n) is 4.53. The van der Waals surface area contributed by atoms with Crippen LogP contribution in [0.5, 0.6) is 11.5 Å². The van der Waals surface area contributed by atoms with E-state index in [9.17, 15) is 0 Å². The summed E-state index contributed by atoms with van der Waals surface area (Å²) in [7, 11) is 0. The first-order valence-electron chi connectivity index (χ1n) is 8.98. The molecule has 2 nitrogen and oxygen atoms in total. The van der Waals surface area contributed by atoms with E-state index < -0.39 is 0 Å². The average molecular weight is 405 g/mol. The minimum Gasteiger partial charge on any atom is -0.494 e. The lowest BCUT2D eigenvalue weighted by molar-refractivity contribution is 0.337. The van der Waals surface area contributed by atoms with Crippen LogP contribution in [-0.2, 0) is 6.42 Å². The summed E-state index contributed by atoms with van der Waals surface area (Å²) >= 11 is 3.91. The van der Waals surface area contributed by atoms with Gasteiger partial charge in [-0.15, -0.1) is 0 Å². The van der Waals surface area contributed by atoms with E-state index in [1.54, 1.807) is 0 Å². The third-order valence-corrected chi connectivity index (χ3v) is 5.35. The molecule has 0 amide bonds. The lowest BCUT2D eigenvalue weighted by Crippen LogP contribution is -2.04. The summed E-state index contributed by atoms with van der Waals surface area (Å²) in [4.78, 5) is 0.276. The van der Waals surface area contributed by atoms with E-state index in [0.29, 0.717) is 13.2 Å². The highest BCUT2D eigenvalue weighted by atomic mass is 79.9. The molecule has 0 radical (unpaired) electrons. The third kappa shape index (κ3) is 4.78. The second-order valence-corrected chi connectivity index (χ2v) is 7.66. The molecule has 1 atom stereocenters. The van der Waals surface area contributed by atoms with Gasteiger partial charge in [-0.3, -0.25) is 0 Å². The maximum absolute atomic E-state index is 5.71. The normalized spacial score (nSPS) is 12.1. The fourth-order valence-corrected chi connectivity index (χ4v) is 3.99. The Labute approximate surface area is 160 Å². The average Bonchev–Trinajstić information content (AvgIpc) is 2.55. The van der Waals surface area contributed by atoms with Crippen molar-refractivity contribution in [2.45, 2.75) is 52.8 Å². The van der Waals surface area contributed by atoms with Gasteiger partial charge < -0.3 is 9.47 Å². The number of rotatable bonds is 7. The number of ether oxygens (including phenoxy) is 2. The van der Waals surface area contributed by atoms with Crippen LogP contribution in [0.3, 0.4) is 0 Å². The van der Waals surface area contributed by atoms with Crippen LogP contribution in [0.4, 0.5) is 0 Å². The van der Waals surface area contributed by atoms with Crippen LogP contribution in [0.2, 0.25) is 0 Å². The number of hydrogen-bond acceptors (Lipinski definition) is 2. The predicted octanol–water partition coefficient (Wildman–Crippen LogP) is 6.40. The molecular formula is C22H29BrO2. The second kappa shape index (κ2) is 8.75. The Bertz CT molecular complexity index is 737. The molecule has 0 spiro atoms. The van der Waals surface area contributed by atoms with E-state index in [1.807, 2.05) is 13.8 Å². The quantitative estimate of drug-likeness (QED) is 0.497. The van der Waals surface area contributed by atoms with Gasteiger partial charge in [0.15, 0.2) is 0 Å². The number of halogens is 1. The van der Waals surface area contributed by atoms with Crippen molar-refractivity contribution in [1.82, 2.24) is 0 Å². The summed E-state index contributed by atoms with van der Waals surface area (Å²) < 4.78 is 11.4. The van der Waals surface area contributed by atoms with Crippen molar-refractivity contribution >= 4 is 15.9 Å². The van der Waals surface area contributed by atoms with Crippen LogP contribution in [-0.4, -0.2) is 13.2 Å². The van der Waals surface area contributed by atoms with E-state index in [0.717, 1.165) is 17.9 Å². The number of alkyl halides is 1. The first kappa shape index (κ1) is 19.8. The van der Waals surface area contributed by atoms with E-state index in [-0.39, 0.29) is 4.83 Å². The summed E-state index contributed by atoms with van der Waals surface area (Å²) in [6.07, 6.45) is 0.952. The summed E-state index contributed by atoms with van der Waals surface area (Å²) in [5, 5.41) is 0. The molecule has 3 heteroatoms. The van der Waals surface area contributed by atoms with Crippen molar-refractivity contribution in [3.05, 3.63) is 57.6 Å². The Morgan fingerprint density at radius 3 is 1.84 bits per heavy atom. The lowest BCUT2D eigenvalue weighted by Gasteiger charge is -2.19. The Balaban J connectivity index is 2.26. The van der Waals surface area contributed by atoms with Crippen LogP contribution >= 0.6 is 15.9 Å². The number of benzene rings is 2. The Hall–Kier alpha value is -1.48. The molecule has 0 aromatic heterocycles. The predicted molar refractivity (Wildman–Crippen MR) is 110 cm³/mol. The highest BCUT2D eigenvalue weighted by Crippen LogP contribution is 2.35. The first-order chi connectivity index (χ1) is 11.9. The summed E-state index contributed by atoms with van der Waals surface area (Å²) in [6.45, 7) is 14.0. The molecule has 0 aliphatic rings. The van der Waals surface area contributed by atoms with E-state index in [1.165, 1.54) is 33.4 Å². The molecule has 136 valence electrons. The Morgan fingerprint density at radius 1 is 0.760 bits per heavy atom. The molecule has 25 heavy (non-hydrogen) atoms. The largest absolute Gasteiger partial charge is 0.494 e. The van der Waals surface area contributed by atoms with Gasteiger partial charge in [0, 0.05) is 4.83 Å². The van der Waals surface area contributed by atoms with Gasteiger partial charge in [-0.2, -0.15) is 0 Å². The van der Waals surface area contributed by atoms with Gasteiger partial charge in [-0.1, -0.05) is 28.1 Å². The molecule has 0 aliphatic heterocycles. The highest BCUT2D eigenvalue weighted by molar-refractivity contribution is 9.09. The smallest absolute Gasteiger partial charge is 0.122 e. The van der Waals surface area contributed by atoms with Crippen LogP contribution < -0.4 is 9.47 Å². The van der Waals surface area contributed by atoms with Crippen molar-refractivity contribution in [2.24, 2.45) is 0 Å². The molecule has 0 heterocycles. The molecule has 0 aliphatic carbocycles. The van der Waals surface area contributed by atoms with Crippen molar-refractivity contribution in [1.29, 1.82) is 0 Å². The molecule has 2 rings (SSSR count). The number of aryl methyl sites for hydroxylation is 4. The maximum atomic E-state index is 5.71. The van der Waals surface area contributed by atoms with Gasteiger partial charge in [0.05, 0.1) is 13.2 Å². The van der Waals surface area contributed by atoms with Crippen LogP contribution in [0.15, 0.2) is 24.3 Å². The van der Waals surface area contributed by atoms with Gasteiger partial charge in [0.2, 0.25) is 0 Å². The lowest BCUT2D eigenvalue weighted by atomic mass is 9.95. The highest BCUT2D eigenvalue weighted by Gasteiger charge is 2.16. The van der Waals surface area contributed by atoms with Gasteiger partial charge in [0.25, 0.3) is 0 Å². The van der Waals surface area contributed by atoms with Crippen molar-refractivity contribution in [3.63, 3.8) is 0 Å². The van der Waals surface area contributed by atoms with Crippen LogP contribution in [0.1, 0.15) is 52.1 Å². The summed E-state index contributed by atoms with van der Waals surface area (Å²) in [5.41, 5.74) is 7.60. The minimum atomic E-state index is 0.276. The van der Waals surface area contributed by atoms with E-state index in [2.05, 4.69) is 67.9 Å². The van der Waals surface area contributed by atoms with Gasteiger partial charge in [0.1, 0.15) is 11.5 Å². The molecule has 0 bridgehead atoms. The Kier molecular flexibility index (Phi) is 6.95. The SMILES string of the molecule is CCOc1cc(C)c(CC(Br)c2cc(C)c(OCC)cc2C)cc1C. The summed E-state index contributed by atoms with van der Waals surface area (Å²) in [5.74, 6) is 1.97. The number of hydrogen-bond donors (Lipinski definition) is 0. The molecule has 0 saturated carbocycles. The van der Waals surface area contributed by atoms with Crippen molar-refractivity contribution < 1.29 is 9.47 Å². The van der Waals surface area contributed by atoms with E-state index >= 15 is 0 Å². The molecule has 0 N–H and O–H groups in total. The second-order valence-electron chi connectivity index (χ2n) is 6.56. The van der Waals surface area contributed by atoms with E-state index in [4.69, 9.17) is 9.47 Å². The fraction of sp³-hybridized carbons (Fsp3) is 0.455. The van der Waals surface area contributed by atoms with Gasteiger partial charge in [-0.25, -0.2) is 0 Å². The maximum Gasteiger partial charge on any atom is 0.122 e. The zero-order valence-electron chi connectivity index (χ0n) is 16.2.